The predicted molar refractivity (Wildman–Crippen MR) is 102 cm³/mol. The Balaban J connectivity index is 1.51. The van der Waals surface area contributed by atoms with Crippen LogP contribution in [0.15, 0.2) is 39.3 Å². The average Bonchev–Trinajstić information content (AvgIpc) is 3.30. The summed E-state index contributed by atoms with van der Waals surface area (Å²) in [5, 5.41) is 13.0. The van der Waals surface area contributed by atoms with Gasteiger partial charge < -0.3 is 14.5 Å². The van der Waals surface area contributed by atoms with Crippen molar-refractivity contribution < 1.29 is 18.7 Å². The fourth-order valence-corrected chi connectivity index (χ4v) is 3.32. The molecular formula is C17H16N4O4S2. The Bertz CT molecular complexity index is 937. The normalized spacial score (nSPS) is 10.6. The van der Waals surface area contributed by atoms with Gasteiger partial charge in [-0.2, -0.15) is 0 Å². The third-order valence-electron chi connectivity index (χ3n) is 3.38. The van der Waals surface area contributed by atoms with Crippen LogP contribution in [-0.2, 0) is 20.7 Å². The number of hydrogen-bond acceptors (Lipinski definition) is 9. The monoisotopic (exact) mass is 404 g/mol. The lowest BCUT2D eigenvalue weighted by Gasteiger charge is -1.99. The van der Waals surface area contributed by atoms with Crippen molar-refractivity contribution in [2.45, 2.75) is 18.6 Å². The van der Waals surface area contributed by atoms with Crippen molar-refractivity contribution in [3.05, 3.63) is 40.9 Å². The van der Waals surface area contributed by atoms with Crippen LogP contribution >= 0.6 is 23.1 Å². The zero-order chi connectivity index (χ0) is 19.2. The first-order chi connectivity index (χ1) is 13.0. The summed E-state index contributed by atoms with van der Waals surface area (Å²) < 4.78 is 10.2. The van der Waals surface area contributed by atoms with Crippen molar-refractivity contribution in [3.63, 3.8) is 0 Å². The van der Waals surface area contributed by atoms with E-state index in [1.807, 2.05) is 31.2 Å². The Kier molecular flexibility index (Phi) is 6.20. The smallest absolute Gasteiger partial charge is 0.311 e. The van der Waals surface area contributed by atoms with E-state index in [2.05, 4.69) is 25.2 Å². The van der Waals surface area contributed by atoms with Crippen LogP contribution in [0.25, 0.3) is 11.5 Å². The van der Waals surface area contributed by atoms with E-state index in [1.165, 1.54) is 18.4 Å². The van der Waals surface area contributed by atoms with E-state index in [-0.39, 0.29) is 24.1 Å². The van der Waals surface area contributed by atoms with Crippen molar-refractivity contribution in [2.75, 3.05) is 18.2 Å². The van der Waals surface area contributed by atoms with E-state index in [9.17, 15) is 9.59 Å². The summed E-state index contributed by atoms with van der Waals surface area (Å²) in [4.78, 5) is 27.4. The van der Waals surface area contributed by atoms with E-state index < -0.39 is 0 Å². The Labute approximate surface area is 163 Å². The number of thiazole rings is 1. The van der Waals surface area contributed by atoms with Crippen molar-refractivity contribution in [1.29, 1.82) is 0 Å². The molecule has 1 amide bonds. The molecule has 140 valence electrons. The number of benzene rings is 1. The molecule has 3 rings (SSSR count). The van der Waals surface area contributed by atoms with Crippen LogP contribution in [0.4, 0.5) is 5.13 Å². The number of nitrogens with one attached hydrogen (secondary N) is 1. The minimum Gasteiger partial charge on any atom is -0.469 e. The van der Waals surface area contributed by atoms with Crippen LogP contribution in [0.2, 0.25) is 0 Å². The Hall–Kier alpha value is -2.72. The fraction of sp³-hybridized carbons (Fsp3) is 0.235. The van der Waals surface area contributed by atoms with E-state index >= 15 is 0 Å². The molecule has 0 aliphatic rings. The highest BCUT2D eigenvalue weighted by molar-refractivity contribution is 7.99. The second kappa shape index (κ2) is 8.78. The molecular weight excluding hydrogens is 388 g/mol. The SMILES string of the molecule is COC(=O)Cc1csc(NC(=O)CSc2nnc(-c3ccc(C)cc3)o2)n1. The zero-order valence-electron chi connectivity index (χ0n) is 14.6. The molecule has 0 bridgehead atoms. The molecule has 0 aliphatic heterocycles. The fourth-order valence-electron chi connectivity index (χ4n) is 2.03. The molecule has 2 aromatic heterocycles. The molecule has 8 nitrogen and oxygen atoms in total. The lowest BCUT2D eigenvalue weighted by molar-refractivity contribution is -0.139. The molecule has 0 aliphatic carbocycles. The largest absolute Gasteiger partial charge is 0.469 e. The second-order valence-electron chi connectivity index (χ2n) is 5.47. The van der Waals surface area contributed by atoms with Crippen LogP contribution in [0.3, 0.4) is 0 Å². The highest BCUT2D eigenvalue weighted by atomic mass is 32.2. The molecule has 0 unspecified atom stereocenters. The van der Waals surface area contributed by atoms with Gasteiger partial charge in [0, 0.05) is 10.9 Å². The summed E-state index contributed by atoms with van der Waals surface area (Å²) in [6.45, 7) is 2.00. The Morgan fingerprint density at radius 2 is 2.04 bits per heavy atom. The van der Waals surface area contributed by atoms with Gasteiger partial charge in [-0.1, -0.05) is 29.5 Å². The first-order valence-electron chi connectivity index (χ1n) is 7.88. The van der Waals surface area contributed by atoms with Crippen molar-refractivity contribution in [2.24, 2.45) is 0 Å². The van der Waals surface area contributed by atoms with Gasteiger partial charge in [-0.25, -0.2) is 4.98 Å². The van der Waals surface area contributed by atoms with Gasteiger partial charge in [-0.05, 0) is 19.1 Å². The summed E-state index contributed by atoms with van der Waals surface area (Å²) in [5.41, 5.74) is 2.52. The number of methoxy groups -OCH3 is 1. The van der Waals surface area contributed by atoms with Crippen LogP contribution < -0.4 is 5.32 Å². The number of hydrogen-bond donors (Lipinski definition) is 1. The summed E-state index contributed by atoms with van der Waals surface area (Å²) in [6.07, 6.45) is 0.0708. The average molecular weight is 404 g/mol. The van der Waals surface area contributed by atoms with Crippen molar-refractivity contribution in [1.82, 2.24) is 15.2 Å². The number of aromatic nitrogens is 3. The third-order valence-corrected chi connectivity index (χ3v) is 5.01. The van der Waals surface area contributed by atoms with Gasteiger partial charge in [-0.15, -0.1) is 21.5 Å². The van der Waals surface area contributed by atoms with E-state index in [4.69, 9.17) is 4.42 Å². The number of carbonyl (C=O) groups is 2. The number of anilines is 1. The molecule has 0 radical (unpaired) electrons. The zero-order valence-corrected chi connectivity index (χ0v) is 16.2. The molecule has 0 saturated carbocycles. The molecule has 1 N–H and O–H groups in total. The van der Waals surface area contributed by atoms with Gasteiger partial charge in [0.2, 0.25) is 11.8 Å². The van der Waals surface area contributed by atoms with E-state index in [1.54, 1.807) is 5.38 Å². The first kappa shape index (κ1) is 19.1. The summed E-state index contributed by atoms with van der Waals surface area (Å²) >= 11 is 2.38. The molecule has 0 fully saturated rings. The van der Waals surface area contributed by atoms with Gasteiger partial charge in [0.25, 0.3) is 5.22 Å². The lowest BCUT2D eigenvalue weighted by atomic mass is 10.1. The maximum atomic E-state index is 12.0. The van der Waals surface area contributed by atoms with E-state index in [0.717, 1.165) is 22.9 Å². The van der Waals surface area contributed by atoms with Crippen LogP contribution in [-0.4, -0.2) is 39.9 Å². The highest BCUT2D eigenvalue weighted by Gasteiger charge is 2.13. The first-order valence-corrected chi connectivity index (χ1v) is 9.74. The minimum absolute atomic E-state index is 0.0708. The number of carbonyl (C=O) groups excluding carboxylic acids is 2. The number of thioether (sulfide) groups is 1. The molecule has 0 spiro atoms. The van der Waals surface area contributed by atoms with Gasteiger partial charge in [0.1, 0.15) is 0 Å². The number of aryl methyl sites for hydroxylation is 1. The number of esters is 1. The maximum absolute atomic E-state index is 12.0. The van der Waals surface area contributed by atoms with Crippen LogP contribution in [0.5, 0.6) is 0 Å². The topological polar surface area (TPSA) is 107 Å². The molecule has 1 aromatic carbocycles. The lowest BCUT2D eigenvalue weighted by Crippen LogP contribution is -2.14. The standard InChI is InChI=1S/C17H16N4O4S2/c1-10-3-5-11(6-4-10)15-20-21-17(25-15)27-9-13(22)19-16-18-12(8-26-16)7-14(23)24-2/h3-6,8H,7,9H2,1-2H3,(H,18,19,22). The van der Waals surface area contributed by atoms with Crippen molar-refractivity contribution >= 4 is 40.1 Å². The molecule has 27 heavy (non-hydrogen) atoms. The molecule has 0 atom stereocenters. The molecule has 10 heteroatoms. The maximum Gasteiger partial charge on any atom is 0.311 e. The number of nitrogens with zero attached hydrogens (tertiary/aromatic N) is 3. The second-order valence-corrected chi connectivity index (χ2v) is 7.26. The third kappa shape index (κ3) is 5.38. The van der Waals surface area contributed by atoms with Gasteiger partial charge in [0.05, 0.1) is 25.0 Å². The van der Waals surface area contributed by atoms with Crippen LogP contribution in [0.1, 0.15) is 11.3 Å². The van der Waals surface area contributed by atoms with Crippen LogP contribution in [0, 0.1) is 6.92 Å². The molecule has 3 aromatic rings. The Morgan fingerprint density at radius 3 is 2.78 bits per heavy atom. The van der Waals surface area contributed by atoms with Gasteiger partial charge in [-0.3, -0.25) is 9.59 Å². The van der Waals surface area contributed by atoms with Crippen molar-refractivity contribution in [3.8, 4) is 11.5 Å². The molecule has 2 heterocycles. The molecule has 0 saturated heterocycles. The Morgan fingerprint density at radius 1 is 1.26 bits per heavy atom. The van der Waals surface area contributed by atoms with E-state index in [0.29, 0.717) is 21.9 Å². The summed E-state index contributed by atoms with van der Waals surface area (Å²) in [6, 6.07) is 7.72. The highest BCUT2D eigenvalue weighted by Crippen LogP contribution is 2.24. The number of ether oxygens (including phenoxy) is 1. The predicted octanol–water partition coefficient (Wildman–Crippen LogP) is 2.95. The van der Waals surface area contributed by atoms with Gasteiger partial charge >= 0.3 is 5.97 Å². The minimum atomic E-state index is -0.380. The number of amides is 1. The summed E-state index contributed by atoms with van der Waals surface area (Å²) in [7, 11) is 1.32. The summed E-state index contributed by atoms with van der Waals surface area (Å²) in [5.74, 6) is -0.129. The number of rotatable bonds is 7. The van der Waals surface area contributed by atoms with Gasteiger partial charge in [0.15, 0.2) is 5.13 Å². The quantitative estimate of drug-likeness (QED) is 0.473.